The average molecular weight is 473 g/mol. The molecule has 1 saturated heterocycles. The molecule has 0 spiro atoms. The summed E-state index contributed by atoms with van der Waals surface area (Å²) >= 11 is 3.74. The summed E-state index contributed by atoms with van der Waals surface area (Å²) in [5, 5.41) is 15.9. The van der Waals surface area contributed by atoms with Crippen LogP contribution in [-0.2, 0) is 5.41 Å². The van der Waals surface area contributed by atoms with Crippen LogP contribution < -0.4 is 15.4 Å². The van der Waals surface area contributed by atoms with E-state index in [2.05, 4.69) is 61.9 Å². The Balaban J connectivity index is 0.00000124. The lowest BCUT2D eigenvalue weighted by molar-refractivity contribution is 0.232. The number of hydrogen-bond acceptors (Lipinski definition) is 7. The van der Waals surface area contributed by atoms with Crippen LogP contribution in [0, 0.1) is 5.41 Å². The van der Waals surface area contributed by atoms with Gasteiger partial charge in [0.25, 0.3) is 6.43 Å². The third-order valence-electron chi connectivity index (χ3n) is 5.74. The number of piperazine rings is 1. The summed E-state index contributed by atoms with van der Waals surface area (Å²) in [7, 11) is 2.93. The molecule has 4 N–H and O–H groups in total. The van der Waals surface area contributed by atoms with Crippen molar-refractivity contribution >= 4 is 54.3 Å². The van der Waals surface area contributed by atoms with Gasteiger partial charge in [0.1, 0.15) is 5.04 Å². The van der Waals surface area contributed by atoms with E-state index in [-0.39, 0.29) is 15.1 Å². The molecule has 1 saturated carbocycles. The number of pyridine rings is 1. The number of anilines is 1. The Morgan fingerprint density at radius 3 is 2.77 bits per heavy atom. The Labute approximate surface area is 187 Å². The number of nitrogens with one attached hydrogen (secondary N) is 2. The molecule has 4 rings (SSSR count). The Morgan fingerprint density at radius 1 is 1.47 bits per heavy atom. The zero-order chi connectivity index (χ0) is 22.1. The molecule has 2 aromatic heterocycles. The largest absolute Gasteiger partial charge is 0.365 e. The fourth-order valence-corrected chi connectivity index (χ4v) is 4.54. The number of imidazole rings is 1. The standard InChI is InChI=1S/C19H24F2N5PS.H3NS/c1-11-8-23-5-6-25(11)13-7-12(19(2)3-4-19)10-26-14(13)9-24-17(26)16(22)28-18(27)15(20)21;1-2/h7,9-11,15,22-23,27H,3-6,8H2,1-2H3;2H,1H2. The molecule has 2 aliphatic rings. The van der Waals surface area contributed by atoms with Gasteiger partial charge in [0.2, 0.25) is 0 Å². The monoisotopic (exact) mass is 472 g/mol. The van der Waals surface area contributed by atoms with Gasteiger partial charge in [-0.1, -0.05) is 18.7 Å². The number of nitrogens with two attached hydrogens (primary N) is 1. The van der Waals surface area contributed by atoms with Crippen molar-refractivity contribution in [3.63, 3.8) is 0 Å². The first kappa shape index (κ1) is 23.5. The van der Waals surface area contributed by atoms with Crippen LogP contribution in [0.1, 0.15) is 38.1 Å². The molecule has 2 aromatic rings. The fraction of sp³-hybridized carbons (Fsp3) is 0.526. The summed E-state index contributed by atoms with van der Waals surface area (Å²) in [6.45, 7) is 7.17. The van der Waals surface area contributed by atoms with E-state index in [0.717, 1.165) is 43.7 Å². The number of aromatic nitrogens is 2. The maximum absolute atomic E-state index is 12.9. The van der Waals surface area contributed by atoms with Crippen molar-refractivity contribution in [3.05, 3.63) is 29.8 Å². The highest BCUT2D eigenvalue weighted by atomic mass is 32.2. The Bertz CT molecular complexity index is 946. The number of halogens is 2. The molecule has 0 amide bonds. The summed E-state index contributed by atoms with van der Waals surface area (Å²) in [4.78, 5) is 6.81. The van der Waals surface area contributed by atoms with Crippen LogP contribution in [0.3, 0.4) is 0 Å². The van der Waals surface area contributed by atoms with E-state index in [9.17, 15) is 8.78 Å². The van der Waals surface area contributed by atoms with Gasteiger partial charge < -0.3 is 10.2 Å². The van der Waals surface area contributed by atoms with Crippen molar-refractivity contribution in [1.82, 2.24) is 14.7 Å². The molecule has 2 fully saturated rings. The number of thioether (sulfide) groups is 1. The van der Waals surface area contributed by atoms with Gasteiger partial charge in [-0.2, -0.15) is 0 Å². The SMILES string of the molecule is CC1CNCCN1c1cc(C2(C)CC2)cn2c(C(=N)SC(=P)C(F)F)ncc12.NS. The number of thiol groups is 1. The summed E-state index contributed by atoms with van der Waals surface area (Å²) in [6, 6.07) is 2.60. The van der Waals surface area contributed by atoms with Gasteiger partial charge in [-0.25, -0.2) is 13.8 Å². The maximum Gasteiger partial charge on any atom is 0.273 e. The molecule has 30 heavy (non-hydrogen) atoms. The van der Waals surface area contributed by atoms with E-state index < -0.39 is 6.43 Å². The third-order valence-corrected chi connectivity index (χ3v) is 7.05. The second-order valence-corrected chi connectivity index (χ2v) is 9.81. The van der Waals surface area contributed by atoms with Gasteiger partial charge in [-0.05, 0) is 36.8 Å². The quantitative estimate of drug-likeness (QED) is 0.232. The van der Waals surface area contributed by atoms with E-state index >= 15 is 0 Å². The summed E-state index contributed by atoms with van der Waals surface area (Å²) in [6.07, 6.45) is 3.42. The predicted molar refractivity (Wildman–Crippen MR) is 128 cm³/mol. The molecule has 1 unspecified atom stereocenters. The second kappa shape index (κ2) is 9.53. The molecule has 11 heteroatoms. The Hall–Kier alpha value is -1.19. The zero-order valence-electron chi connectivity index (χ0n) is 17.0. The molecule has 0 radical (unpaired) electrons. The maximum atomic E-state index is 12.9. The van der Waals surface area contributed by atoms with Crippen LogP contribution >= 0.6 is 33.4 Å². The number of fused-ring (bicyclic) bond motifs is 1. The highest BCUT2D eigenvalue weighted by Gasteiger charge is 2.40. The average Bonchev–Trinajstić information content (AvgIpc) is 3.34. The lowest BCUT2D eigenvalue weighted by Gasteiger charge is -2.36. The lowest BCUT2D eigenvalue weighted by atomic mass is 9.99. The van der Waals surface area contributed by atoms with E-state index in [0.29, 0.717) is 23.6 Å². The lowest BCUT2D eigenvalue weighted by Crippen LogP contribution is -2.50. The Kier molecular flexibility index (Phi) is 7.45. The van der Waals surface area contributed by atoms with Gasteiger partial charge in [0, 0.05) is 31.9 Å². The fourth-order valence-electron chi connectivity index (χ4n) is 3.68. The van der Waals surface area contributed by atoms with E-state index in [1.165, 1.54) is 5.56 Å². The van der Waals surface area contributed by atoms with Crippen LogP contribution in [0.2, 0.25) is 0 Å². The van der Waals surface area contributed by atoms with Gasteiger partial charge in [-0.15, -0.1) is 21.7 Å². The molecule has 1 atom stereocenters. The summed E-state index contributed by atoms with van der Waals surface area (Å²) in [5.41, 5.74) is 3.38. The molecular weight excluding hydrogens is 445 g/mol. The van der Waals surface area contributed by atoms with Crippen molar-refractivity contribution < 1.29 is 8.78 Å². The molecule has 3 heterocycles. The predicted octanol–water partition coefficient (Wildman–Crippen LogP) is 3.57. The highest BCUT2D eigenvalue weighted by molar-refractivity contribution is 8.29. The topological polar surface area (TPSA) is 82.4 Å². The van der Waals surface area contributed by atoms with Crippen molar-refractivity contribution in [2.45, 2.75) is 44.6 Å². The number of hydrogen-bond donors (Lipinski definition) is 4. The normalized spacial score (nSPS) is 20.1. The first-order chi connectivity index (χ1) is 14.3. The molecule has 0 bridgehead atoms. The van der Waals surface area contributed by atoms with Crippen LogP contribution in [0.5, 0.6) is 0 Å². The van der Waals surface area contributed by atoms with E-state index in [1.54, 1.807) is 6.20 Å². The molecular formula is C19H27F2N6PS2. The van der Waals surface area contributed by atoms with Crippen molar-refractivity contribution in [1.29, 1.82) is 5.41 Å². The minimum Gasteiger partial charge on any atom is -0.365 e. The Morgan fingerprint density at radius 2 is 2.17 bits per heavy atom. The van der Waals surface area contributed by atoms with Crippen LogP contribution in [-0.4, -0.2) is 51.2 Å². The summed E-state index contributed by atoms with van der Waals surface area (Å²) in [5.74, 6) is 0.395. The smallest absolute Gasteiger partial charge is 0.273 e. The van der Waals surface area contributed by atoms with Gasteiger partial charge in [0.05, 0.1) is 22.0 Å². The van der Waals surface area contributed by atoms with E-state index in [4.69, 9.17) is 5.41 Å². The third kappa shape index (κ3) is 4.67. The molecule has 1 aliphatic heterocycles. The molecule has 6 nitrogen and oxygen atoms in total. The van der Waals surface area contributed by atoms with Crippen molar-refractivity contribution in [3.8, 4) is 0 Å². The highest BCUT2D eigenvalue weighted by Crippen LogP contribution is 2.48. The second-order valence-electron chi connectivity index (χ2n) is 7.85. The van der Waals surface area contributed by atoms with Gasteiger partial charge in [0.15, 0.2) is 5.82 Å². The minimum atomic E-state index is -2.63. The van der Waals surface area contributed by atoms with E-state index in [1.807, 2.05) is 10.6 Å². The number of nitrogens with zero attached hydrogens (tertiary/aromatic N) is 3. The van der Waals surface area contributed by atoms with Crippen molar-refractivity contribution in [2.75, 3.05) is 24.5 Å². The van der Waals surface area contributed by atoms with Crippen LogP contribution in [0.15, 0.2) is 18.5 Å². The van der Waals surface area contributed by atoms with Crippen LogP contribution in [0.25, 0.3) is 5.52 Å². The zero-order valence-corrected chi connectivity index (χ0v) is 19.7. The van der Waals surface area contributed by atoms with Gasteiger partial charge in [-0.3, -0.25) is 14.9 Å². The molecule has 164 valence electrons. The van der Waals surface area contributed by atoms with Gasteiger partial charge >= 0.3 is 0 Å². The summed E-state index contributed by atoms with van der Waals surface area (Å²) < 4.78 is 27.4. The first-order valence-corrected chi connectivity index (χ1v) is 11.5. The number of rotatable bonds is 5. The molecule has 1 aliphatic carbocycles. The van der Waals surface area contributed by atoms with Crippen molar-refractivity contribution in [2.24, 2.45) is 5.14 Å². The van der Waals surface area contributed by atoms with Crippen LogP contribution in [0.4, 0.5) is 14.5 Å². The molecule has 0 aromatic carbocycles. The number of alkyl halides is 2. The first-order valence-electron chi connectivity index (χ1n) is 9.68. The minimum absolute atomic E-state index is 0.00251.